The molecule has 1 N–H and O–H groups in total. The van der Waals surface area contributed by atoms with Crippen LogP contribution < -0.4 is 5.32 Å². The molecule has 0 aromatic carbocycles. The van der Waals surface area contributed by atoms with Crippen molar-refractivity contribution >= 4 is 5.84 Å². The van der Waals surface area contributed by atoms with Crippen LogP contribution in [0.2, 0.25) is 0 Å². The van der Waals surface area contributed by atoms with Crippen molar-refractivity contribution in [1.82, 2.24) is 5.32 Å². The van der Waals surface area contributed by atoms with E-state index < -0.39 is 0 Å². The maximum absolute atomic E-state index is 4.74. The Bertz CT molecular complexity index is 211. The first-order chi connectivity index (χ1) is 9.85. The highest BCUT2D eigenvalue weighted by Gasteiger charge is 1.99. The lowest BCUT2D eigenvalue weighted by Crippen LogP contribution is -2.24. The molecule has 0 aromatic heterocycles. The lowest BCUT2D eigenvalue weighted by molar-refractivity contribution is 0.592. The van der Waals surface area contributed by atoms with Crippen LogP contribution >= 0.6 is 0 Å². The predicted octanol–water partition coefficient (Wildman–Crippen LogP) is 5.72. The van der Waals surface area contributed by atoms with Crippen LogP contribution in [-0.2, 0) is 0 Å². The summed E-state index contributed by atoms with van der Waals surface area (Å²) in [5.41, 5.74) is 0. The van der Waals surface area contributed by atoms with Crippen molar-refractivity contribution < 1.29 is 0 Å². The standard InChI is InChI=1S/C18H38N2/c1-4-7-10-11-12-13-14-15-18(19-16-8-5-2)20-17-9-6-3/h4-17H2,1-3H3,(H,19,20). The van der Waals surface area contributed by atoms with Gasteiger partial charge in [0, 0.05) is 19.5 Å². The summed E-state index contributed by atoms with van der Waals surface area (Å²) in [5, 5.41) is 3.54. The Kier molecular flexibility index (Phi) is 16.1. The second-order valence-electron chi connectivity index (χ2n) is 5.83. The van der Waals surface area contributed by atoms with Gasteiger partial charge in [0.15, 0.2) is 0 Å². The zero-order valence-corrected chi connectivity index (χ0v) is 14.3. The van der Waals surface area contributed by atoms with Crippen LogP contribution in [0.5, 0.6) is 0 Å². The van der Waals surface area contributed by atoms with Gasteiger partial charge in [0.25, 0.3) is 0 Å². The van der Waals surface area contributed by atoms with Crippen molar-refractivity contribution in [3.63, 3.8) is 0 Å². The van der Waals surface area contributed by atoms with E-state index in [2.05, 4.69) is 26.1 Å². The lowest BCUT2D eigenvalue weighted by Gasteiger charge is -2.10. The average Bonchev–Trinajstić information content (AvgIpc) is 2.46. The summed E-state index contributed by atoms with van der Waals surface area (Å²) in [4.78, 5) is 4.74. The van der Waals surface area contributed by atoms with Crippen LogP contribution in [0.3, 0.4) is 0 Å². The van der Waals surface area contributed by atoms with E-state index in [9.17, 15) is 0 Å². The Hall–Kier alpha value is -0.530. The third-order valence-electron chi connectivity index (χ3n) is 3.69. The maximum atomic E-state index is 4.74. The largest absolute Gasteiger partial charge is 0.374 e. The molecular formula is C18H38N2. The molecule has 0 radical (unpaired) electrons. The molecule has 120 valence electrons. The minimum atomic E-state index is 1.00. The second kappa shape index (κ2) is 16.5. The third-order valence-corrected chi connectivity index (χ3v) is 3.69. The minimum absolute atomic E-state index is 1.00. The molecule has 0 bridgehead atoms. The van der Waals surface area contributed by atoms with Crippen molar-refractivity contribution in [2.75, 3.05) is 13.1 Å². The van der Waals surface area contributed by atoms with Gasteiger partial charge in [-0.25, -0.2) is 0 Å². The molecule has 0 unspecified atom stereocenters. The molecule has 0 aliphatic heterocycles. The fourth-order valence-electron chi connectivity index (χ4n) is 2.25. The van der Waals surface area contributed by atoms with Crippen LogP contribution in [0.25, 0.3) is 0 Å². The van der Waals surface area contributed by atoms with Gasteiger partial charge >= 0.3 is 0 Å². The number of hydrogen-bond donors (Lipinski definition) is 1. The number of nitrogens with one attached hydrogen (secondary N) is 1. The molecule has 0 aliphatic carbocycles. The Labute approximate surface area is 127 Å². The summed E-state index contributed by atoms with van der Waals surface area (Å²) < 4.78 is 0. The molecule has 0 amide bonds. The summed E-state index contributed by atoms with van der Waals surface area (Å²) in [5.74, 6) is 1.26. The number of aliphatic imine (C=N–C) groups is 1. The zero-order valence-electron chi connectivity index (χ0n) is 14.3. The van der Waals surface area contributed by atoms with Crippen LogP contribution in [0.15, 0.2) is 4.99 Å². The lowest BCUT2D eigenvalue weighted by atomic mass is 10.1. The van der Waals surface area contributed by atoms with Gasteiger partial charge in [-0.15, -0.1) is 0 Å². The van der Waals surface area contributed by atoms with Crippen LogP contribution in [0.4, 0.5) is 0 Å². The molecule has 2 heteroatoms. The van der Waals surface area contributed by atoms with Gasteiger partial charge < -0.3 is 5.32 Å². The Balaban J connectivity index is 3.70. The highest BCUT2D eigenvalue weighted by atomic mass is 15.0. The summed E-state index contributed by atoms with van der Waals surface area (Å²) in [6.45, 7) is 8.85. The fourth-order valence-corrected chi connectivity index (χ4v) is 2.25. The highest BCUT2D eigenvalue weighted by molar-refractivity contribution is 5.82. The van der Waals surface area contributed by atoms with E-state index >= 15 is 0 Å². The van der Waals surface area contributed by atoms with E-state index in [1.165, 1.54) is 76.5 Å². The minimum Gasteiger partial charge on any atom is -0.374 e. The molecule has 0 rings (SSSR count). The van der Waals surface area contributed by atoms with Gasteiger partial charge in [0.1, 0.15) is 0 Å². The average molecular weight is 283 g/mol. The van der Waals surface area contributed by atoms with Crippen LogP contribution in [0.1, 0.15) is 97.8 Å². The van der Waals surface area contributed by atoms with Gasteiger partial charge in [-0.3, -0.25) is 4.99 Å². The highest BCUT2D eigenvalue weighted by Crippen LogP contribution is 2.08. The van der Waals surface area contributed by atoms with Crippen molar-refractivity contribution in [3.8, 4) is 0 Å². The molecule has 0 aliphatic rings. The third kappa shape index (κ3) is 13.9. The quantitative estimate of drug-likeness (QED) is 0.246. The van der Waals surface area contributed by atoms with E-state index in [0.29, 0.717) is 0 Å². The van der Waals surface area contributed by atoms with E-state index in [1.807, 2.05) is 0 Å². The number of amidine groups is 1. The molecule has 20 heavy (non-hydrogen) atoms. The SMILES string of the molecule is CCCCCCCCCC(=NCCCC)NCCCC. The zero-order chi connectivity index (χ0) is 14.9. The fraction of sp³-hybridized carbons (Fsp3) is 0.944. The topological polar surface area (TPSA) is 24.4 Å². The van der Waals surface area contributed by atoms with Crippen LogP contribution in [0, 0.1) is 0 Å². The van der Waals surface area contributed by atoms with Gasteiger partial charge in [0.2, 0.25) is 0 Å². The van der Waals surface area contributed by atoms with E-state index in [4.69, 9.17) is 4.99 Å². The Morgan fingerprint density at radius 2 is 1.30 bits per heavy atom. The summed E-state index contributed by atoms with van der Waals surface area (Å²) >= 11 is 0. The Morgan fingerprint density at radius 1 is 0.700 bits per heavy atom. The van der Waals surface area contributed by atoms with E-state index in [-0.39, 0.29) is 0 Å². The molecule has 0 saturated heterocycles. The van der Waals surface area contributed by atoms with Crippen LogP contribution in [-0.4, -0.2) is 18.9 Å². The van der Waals surface area contributed by atoms with E-state index in [0.717, 1.165) is 19.5 Å². The number of hydrogen-bond acceptors (Lipinski definition) is 1. The molecule has 0 atom stereocenters. The summed E-state index contributed by atoms with van der Waals surface area (Å²) in [6.07, 6.45) is 15.8. The molecular weight excluding hydrogens is 244 g/mol. The normalized spacial score (nSPS) is 11.8. The molecule has 0 saturated carbocycles. The Morgan fingerprint density at radius 3 is 1.95 bits per heavy atom. The van der Waals surface area contributed by atoms with E-state index in [1.54, 1.807) is 0 Å². The van der Waals surface area contributed by atoms with Crippen molar-refractivity contribution in [3.05, 3.63) is 0 Å². The predicted molar refractivity (Wildman–Crippen MR) is 92.7 cm³/mol. The van der Waals surface area contributed by atoms with Crippen molar-refractivity contribution in [1.29, 1.82) is 0 Å². The summed E-state index contributed by atoms with van der Waals surface area (Å²) in [6, 6.07) is 0. The number of unbranched alkanes of at least 4 members (excludes halogenated alkanes) is 8. The first kappa shape index (κ1) is 19.5. The maximum Gasteiger partial charge on any atom is 0.0963 e. The molecule has 0 spiro atoms. The second-order valence-corrected chi connectivity index (χ2v) is 5.83. The molecule has 0 heterocycles. The van der Waals surface area contributed by atoms with Gasteiger partial charge in [-0.05, 0) is 19.3 Å². The van der Waals surface area contributed by atoms with Crippen molar-refractivity contribution in [2.45, 2.75) is 97.8 Å². The summed E-state index contributed by atoms with van der Waals surface area (Å²) in [7, 11) is 0. The van der Waals surface area contributed by atoms with Gasteiger partial charge in [-0.2, -0.15) is 0 Å². The first-order valence-corrected chi connectivity index (χ1v) is 9.12. The van der Waals surface area contributed by atoms with Gasteiger partial charge in [-0.1, -0.05) is 72.1 Å². The van der Waals surface area contributed by atoms with Gasteiger partial charge in [0.05, 0.1) is 5.84 Å². The molecule has 0 aromatic rings. The monoisotopic (exact) mass is 282 g/mol. The smallest absolute Gasteiger partial charge is 0.0963 e. The molecule has 2 nitrogen and oxygen atoms in total. The number of nitrogens with zero attached hydrogens (tertiary/aromatic N) is 1. The van der Waals surface area contributed by atoms with Crippen molar-refractivity contribution in [2.24, 2.45) is 4.99 Å². The number of rotatable bonds is 14. The first-order valence-electron chi connectivity index (χ1n) is 9.12. The molecule has 0 fully saturated rings.